The summed E-state index contributed by atoms with van der Waals surface area (Å²) in [6.07, 6.45) is 7.12. The lowest BCUT2D eigenvalue weighted by atomic mass is 9.70. The molecule has 0 aromatic heterocycles. The van der Waals surface area contributed by atoms with Gasteiger partial charge in [-0.3, -0.25) is 0 Å². The number of phenolic OH excluding ortho intramolecular Hbond substituents is 1. The van der Waals surface area contributed by atoms with Crippen molar-refractivity contribution in [3.8, 4) is 11.5 Å². The Morgan fingerprint density at radius 3 is 2.75 bits per heavy atom. The normalized spacial score (nSPS) is 21.9. The van der Waals surface area contributed by atoms with Gasteiger partial charge in [0, 0.05) is 6.07 Å². The minimum absolute atomic E-state index is 0.341. The summed E-state index contributed by atoms with van der Waals surface area (Å²) in [6.45, 7) is 6.95. The molecule has 0 saturated heterocycles. The Morgan fingerprint density at radius 2 is 2.10 bits per heavy atom. The predicted octanol–water partition coefficient (Wildman–Crippen LogP) is 4.72. The number of rotatable bonds is 5. The Hall–Kier alpha value is -1.18. The summed E-state index contributed by atoms with van der Waals surface area (Å²) in [4.78, 5) is 0. The summed E-state index contributed by atoms with van der Waals surface area (Å²) in [5.41, 5.74) is 2.75. The third-order valence-electron chi connectivity index (χ3n) is 4.69. The molecule has 1 aliphatic rings. The quantitative estimate of drug-likeness (QED) is 0.843. The maximum absolute atomic E-state index is 10.2. The molecular formula is C18H28O2. The van der Waals surface area contributed by atoms with Gasteiger partial charge in [0.1, 0.15) is 11.5 Å². The lowest BCUT2D eigenvalue weighted by Gasteiger charge is -2.35. The molecule has 0 heterocycles. The van der Waals surface area contributed by atoms with Gasteiger partial charge in [0.25, 0.3) is 0 Å². The fraction of sp³-hybridized carbons (Fsp3) is 0.667. The number of phenols is 1. The molecule has 1 aromatic rings. The van der Waals surface area contributed by atoms with E-state index < -0.39 is 0 Å². The van der Waals surface area contributed by atoms with E-state index in [9.17, 15) is 5.11 Å². The van der Waals surface area contributed by atoms with Gasteiger partial charge in [0.05, 0.1) is 7.11 Å². The van der Waals surface area contributed by atoms with Crippen molar-refractivity contribution in [2.45, 2.75) is 59.3 Å². The molecule has 0 saturated carbocycles. The molecule has 0 bridgehead atoms. The van der Waals surface area contributed by atoms with Crippen molar-refractivity contribution in [1.82, 2.24) is 0 Å². The molecular weight excluding hydrogens is 248 g/mol. The number of aryl methyl sites for hydroxylation is 1. The molecule has 1 atom stereocenters. The molecule has 0 amide bonds. The van der Waals surface area contributed by atoms with Gasteiger partial charge in [0.15, 0.2) is 0 Å². The van der Waals surface area contributed by atoms with Crippen LogP contribution in [0.1, 0.15) is 57.6 Å². The number of aromatic hydroxyl groups is 1. The van der Waals surface area contributed by atoms with E-state index >= 15 is 0 Å². The topological polar surface area (TPSA) is 29.5 Å². The van der Waals surface area contributed by atoms with E-state index in [-0.39, 0.29) is 0 Å². The van der Waals surface area contributed by atoms with Gasteiger partial charge in [0.2, 0.25) is 0 Å². The molecule has 0 radical (unpaired) electrons. The second-order valence-corrected chi connectivity index (χ2v) is 7.06. The average molecular weight is 276 g/mol. The van der Waals surface area contributed by atoms with Crippen molar-refractivity contribution >= 4 is 0 Å². The molecule has 1 N–H and O–H groups in total. The lowest BCUT2D eigenvalue weighted by molar-refractivity contribution is 0.238. The van der Waals surface area contributed by atoms with Crippen LogP contribution >= 0.6 is 0 Å². The molecule has 20 heavy (non-hydrogen) atoms. The monoisotopic (exact) mass is 276 g/mol. The largest absolute Gasteiger partial charge is 0.508 e. The van der Waals surface area contributed by atoms with Crippen molar-refractivity contribution in [3.05, 3.63) is 23.3 Å². The van der Waals surface area contributed by atoms with Gasteiger partial charge >= 0.3 is 0 Å². The number of hydrogen-bond donors (Lipinski definition) is 1. The van der Waals surface area contributed by atoms with Crippen molar-refractivity contribution in [1.29, 1.82) is 0 Å². The van der Waals surface area contributed by atoms with E-state index in [4.69, 9.17) is 4.74 Å². The zero-order valence-corrected chi connectivity index (χ0v) is 13.3. The van der Waals surface area contributed by atoms with E-state index in [2.05, 4.69) is 26.8 Å². The first-order valence-corrected chi connectivity index (χ1v) is 7.82. The summed E-state index contributed by atoms with van der Waals surface area (Å²) in [5, 5.41) is 10.2. The van der Waals surface area contributed by atoms with Crippen LogP contribution in [0, 0.1) is 11.3 Å². The second-order valence-electron chi connectivity index (χ2n) is 7.06. The predicted molar refractivity (Wildman–Crippen MR) is 83.5 cm³/mol. The molecule has 2 rings (SSSR count). The Labute approximate surface area is 123 Å². The summed E-state index contributed by atoms with van der Waals surface area (Å²) in [6, 6.07) is 3.83. The van der Waals surface area contributed by atoms with Crippen LogP contribution in [0.4, 0.5) is 0 Å². The first kappa shape index (κ1) is 15.2. The zero-order chi connectivity index (χ0) is 14.8. The first-order valence-electron chi connectivity index (χ1n) is 7.82. The van der Waals surface area contributed by atoms with Crippen LogP contribution in [-0.4, -0.2) is 12.2 Å². The summed E-state index contributed by atoms with van der Waals surface area (Å²) in [7, 11) is 1.65. The average Bonchev–Trinajstić information content (AvgIpc) is 2.39. The molecule has 112 valence electrons. The number of methoxy groups -OCH3 is 1. The highest BCUT2D eigenvalue weighted by atomic mass is 16.5. The minimum atomic E-state index is 0.341. The van der Waals surface area contributed by atoms with E-state index in [1.54, 1.807) is 13.2 Å². The van der Waals surface area contributed by atoms with Crippen LogP contribution in [0.3, 0.4) is 0 Å². The van der Waals surface area contributed by atoms with Crippen LogP contribution in [0.25, 0.3) is 0 Å². The van der Waals surface area contributed by atoms with Gasteiger partial charge < -0.3 is 9.84 Å². The lowest BCUT2D eigenvalue weighted by Crippen LogP contribution is -2.26. The Kier molecular flexibility index (Phi) is 4.62. The fourth-order valence-electron chi connectivity index (χ4n) is 3.33. The molecule has 1 unspecified atom stereocenters. The van der Waals surface area contributed by atoms with E-state index in [1.807, 2.05) is 0 Å². The highest BCUT2D eigenvalue weighted by molar-refractivity contribution is 5.47. The van der Waals surface area contributed by atoms with E-state index in [1.165, 1.54) is 31.2 Å². The van der Waals surface area contributed by atoms with Gasteiger partial charge in [-0.15, -0.1) is 0 Å². The Morgan fingerprint density at radius 1 is 1.35 bits per heavy atom. The molecule has 0 fully saturated rings. The Bertz CT molecular complexity index is 465. The van der Waals surface area contributed by atoms with E-state index in [0.717, 1.165) is 30.1 Å². The van der Waals surface area contributed by atoms with Crippen molar-refractivity contribution in [2.75, 3.05) is 7.11 Å². The molecule has 0 spiro atoms. The third kappa shape index (κ3) is 3.47. The van der Waals surface area contributed by atoms with Crippen molar-refractivity contribution < 1.29 is 9.84 Å². The van der Waals surface area contributed by atoms with Crippen LogP contribution < -0.4 is 4.74 Å². The third-order valence-corrected chi connectivity index (χ3v) is 4.69. The van der Waals surface area contributed by atoms with E-state index in [0.29, 0.717) is 11.2 Å². The summed E-state index contributed by atoms with van der Waals surface area (Å²) in [5.74, 6) is 1.96. The molecule has 1 aromatic carbocycles. The van der Waals surface area contributed by atoms with Crippen LogP contribution in [0.2, 0.25) is 0 Å². The standard InChI is InChI=1S/C18H28O2/c1-13(2)6-5-8-18(3)9-7-14-10-15(20-4)11-17(19)16(14)12-18/h10-11,13,19H,5-9,12H2,1-4H3. The summed E-state index contributed by atoms with van der Waals surface area (Å²) >= 11 is 0. The molecule has 1 aliphatic carbocycles. The van der Waals surface area contributed by atoms with Crippen LogP contribution in [0.15, 0.2) is 12.1 Å². The van der Waals surface area contributed by atoms with Crippen LogP contribution in [-0.2, 0) is 12.8 Å². The molecule has 0 aliphatic heterocycles. The molecule has 2 nitrogen and oxygen atoms in total. The number of hydrogen-bond acceptors (Lipinski definition) is 2. The highest BCUT2D eigenvalue weighted by Crippen LogP contribution is 2.43. The van der Waals surface area contributed by atoms with Crippen molar-refractivity contribution in [2.24, 2.45) is 11.3 Å². The minimum Gasteiger partial charge on any atom is -0.508 e. The maximum Gasteiger partial charge on any atom is 0.122 e. The fourth-order valence-corrected chi connectivity index (χ4v) is 3.33. The van der Waals surface area contributed by atoms with Gasteiger partial charge in [-0.1, -0.05) is 33.6 Å². The second kappa shape index (κ2) is 6.07. The number of benzene rings is 1. The van der Waals surface area contributed by atoms with Crippen molar-refractivity contribution in [3.63, 3.8) is 0 Å². The van der Waals surface area contributed by atoms with Crippen LogP contribution in [0.5, 0.6) is 11.5 Å². The Balaban J connectivity index is 2.10. The summed E-state index contributed by atoms with van der Waals surface area (Å²) < 4.78 is 5.24. The zero-order valence-electron chi connectivity index (χ0n) is 13.3. The first-order chi connectivity index (χ1) is 9.43. The van der Waals surface area contributed by atoms with Gasteiger partial charge in [-0.05, 0) is 54.2 Å². The highest BCUT2D eigenvalue weighted by Gasteiger charge is 2.31. The van der Waals surface area contributed by atoms with Gasteiger partial charge in [-0.2, -0.15) is 0 Å². The molecule has 2 heteroatoms. The number of ether oxygens (including phenoxy) is 1. The van der Waals surface area contributed by atoms with Gasteiger partial charge in [-0.25, -0.2) is 0 Å². The maximum atomic E-state index is 10.2. The smallest absolute Gasteiger partial charge is 0.122 e. The SMILES string of the molecule is COc1cc(O)c2c(c1)CCC(C)(CCCC(C)C)C2. The number of fused-ring (bicyclic) bond motifs is 1.